The molecule has 1 rings (SSSR count). The normalized spacial score (nSPS) is 8.88. The Kier molecular flexibility index (Phi) is 8.33. The summed E-state index contributed by atoms with van der Waals surface area (Å²) in [5.41, 5.74) is 0. The van der Waals surface area contributed by atoms with Crippen LogP contribution in [-0.4, -0.2) is 7.32 Å². The molecule has 16 heavy (non-hydrogen) atoms. The van der Waals surface area contributed by atoms with Gasteiger partial charge in [-0.05, 0) is 0 Å². The van der Waals surface area contributed by atoms with Crippen LogP contribution in [0.5, 0.6) is 5.75 Å². The number of rotatable bonds is 2. The molecule has 0 aliphatic heterocycles. The van der Waals surface area contributed by atoms with Crippen LogP contribution in [0, 0.1) is 23.3 Å². The molecule has 0 heterocycles. The fraction of sp³-hybridized carbons (Fsp3) is 0. The van der Waals surface area contributed by atoms with Gasteiger partial charge >= 0.3 is 37.7 Å². The Balaban J connectivity index is 0. The molecule has 0 saturated carbocycles. The molecule has 1 aromatic carbocycles. The van der Waals surface area contributed by atoms with E-state index in [0.29, 0.717) is 0 Å². The van der Waals surface area contributed by atoms with E-state index in [1.807, 2.05) is 0 Å². The fourth-order valence-electron chi connectivity index (χ4n) is 0.741. The van der Waals surface area contributed by atoms with Crippen LogP contribution in [-0.2, 0) is 0 Å². The zero-order valence-corrected chi connectivity index (χ0v) is 8.39. The van der Waals surface area contributed by atoms with Crippen molar-refractivity contribution in [2.45, 2.75) is 0 Å². The monoisotopic (exact) mass is 222 g/mol. The van der Waals surface area contributed by atoms with E-state index >= 15 is 0 Å². The maximum Gasteiger partial charge on any atom is 1.00 e. The van der Waals surface area contributed by atoms with Crippen LogP contribution in [0.3, 0.4) is 0 Å². The minimum absolute atomic E-state index is 0. The van der Waals surface area contributed by atoms with E-state index < -0.39 is 36.3 Å². The van der Waals surface area contributed by atoms with Crippen molar-refractivity contribution < 1.29 is 70.0 Å². The van der Waals surface area contributed by atoms with Crippen molar-refractivity contribution in [3.8, 4) is 5.75 Å². The molecule has 0 aromatic heterocycles. The molecule has 0 saturated heterocycles. The molecule has 0 radical (unpaired) electrons. The molecule has 0 unspecified atom stereocenters. The minimum Gasteiger partial charge on any atom is -0.860 e. The largest absolute Gasteiger partial charge is 1.00 e. The van der Waals surface area contributed by atoms with Crippen molar-refractivity contribution in [1.82, 2.24) is 0 Å². The molecule has 0 fully saturated rings. The summed E-state index contributed by atoms with van der Waals surface area (Å²) in [6, 6.07) is 0.0799. The van der Waals surface area contributed by atoms with Gasteiger partial charge in [0.25, 0.3) is 0 Å². The Hall–Kier alpha value is -0.0803. The van der Waals surface area contributed by atoms with Crippen LogP contribution in [0.4, 0.5) is 17.6 Å². The number of hydrogen-bond donors (Lipinski definition) is 0. The van der Waals surface area contributed by atoms with E-state index in [1.165, 1.54) is 0 Å². The predicted octanol–water partition coefficient (Wildman–Crippen LogP) is -6.66. The summed E-state index contributed by atoms with van der Waals surface area (Å²) < 4.78 is 53.4. The first-order valence-electron chi connectivity index (χ1n) is 3.24. The van der Waals surface area contributed by atoms with Crippen LogP contribution < -0.4 is 52.4 Å². The van der Waals surface area contributed by atoms with E-state index in [2.05, 4.69) is 4.65 Å². The van der Waals surface area contributed by atoms with Crippen molar-refractivity contribution in [2.24, 2.45) is 0 Å². The van der Waals surface area contributed by atoms with E-state index in [-0.39, 0.29) is 43.8 Å². The summed E-state index contributed by atoms with van der Waals surface area (Å²) in [6.45, 7) is 0. The summed E-state index contributed by atoms with van der Waals surface area (Å²) in [7, 11) is -2.95. The number of benzene rings is 1. The predicted molar refractivity (Wildman–Crippen MR) is 32.7 cm³/mol. The molecule has 0 amide bonds. The summed E-state index contributed by atoms with van der Waals surface area (Å²) in [5, 5.41) is 19.7. The van der Waals surface area contributed by atoms with Gasteiger partial charge in [-0.2, -0.15) is 4.39 Å². The van der Waals surface area contributed by atoms with Crippen LogP contribution >= 0.6 is 0 Å². The van der Waals surface area contributed by atoms with Crippen LogP contribution in [0.15, 0.2) is 6.07 Å². The quantitative estimate of drug-likeness (QED) is 0.216. The van der Waals surface area contributed by atoms with Crippen molar-refractivity contribution in [2.75, 3.05) is 0 Å². The third-order valence-corrected chi connectivity index (χ3v) is 1.29. The second-order valence-electron chi connectivity index (χ2n) is 2.20. The summed E-state index contributed by atoms with van der Waals surface area (Å²) in [6.07, 6.45) is 0. The Labute approximate surface area is 112 Å². The fourth-order valence-corrected chi connectivity index (χ4v) is 0.741. The second-order valence-corrected chi connectivity index (χ2v) is 2.20. The Bertz CT molecular complexity index is 366. The maximum atomic E-state index is 12.6. The van der Waals surface area contributed by atoms with Gasteiger partial charge in [-0.25, -0.2) is 13.2 Å². The Morgan fingerprint density at radius 2 is 1.44 bits per heavy atom. The van der Waals surface area contributed by atoms with Crippen LogP contribution in [0.2, 0.25) is 0 Å². The molecule has 76 valence electrons. The van der Waals surface area contributed by atoms with Gasteiger partial charge in [0.15, 0.2) is 11.6 Å². The van der Waals surface area contributed by atoms with E-state index in [0.717, 1.165) is 0 Å². The third kappa shape index (κ3) is 4.06. The van der Waals surface area contributed by atoms with Crippen molar-refractivity contribution in [3.05, 3.63) is 29.3 Å². The first-order valence-corrected chi connectivity index (χ1v) is 3.24. The molecule has 1 aromatic rings. The average molecular weight is 222 g/mol. The average Bonchev–Trinajstić information content (AvgIpc) is 2.10. The molecule has 0 N–H and O–H groups in total. The molecule has 3 nitrogen and oxygen atoms in total. The first-order chi connectivity index (χ1) is 6.43. The van der Waals surface area contributed by atoms with Gasteiger partial charge in [-0.1, -0.05) is 0 Å². The third-order valence-electron chi connectivity index (χ3n) is 1.29. The molecule has 0 bridgehead atoms. The maximum absolute atomic E-state index is 12.6. The molecule has 0 atom stereocenters. The summed E-state index contributed by atoms with van der Waals surface area (Å²) >= 11 is 0. The molecule has 10 heteroatoms. The first kappa shape index (κ1) is 18.3. The van der Waals surface area contributed by atoms with Gasteiger partial charge < -0.3 is 14.7 Å². The SMILES string of the molecule is [Li+].[Li+].[O-]B([O-])Oc1cc(F)c(F)c(F)c1F. The van der Waals surface area contributed by atoms with E-state index in [1.54, 1.807) is 0 Å². The second kappa shape index (κ2) is 7.29. The van der Waals surface area contributed by atoms with Gasteiger partial charge in [0.05, 0.1) is 0 Å². The number of halogens is 4. The topological polar surface area (TPSA) is 55.3 Å². The van der Waals surface area contributed by atoms with E-state index in [4.69, 9.17) is 0 Å². The minimum atomic E-state index is -2.95. The molecule has 0 aliphatic rings. The van der Waals surface area contributed by atoms with Gasteiger partial charge in [0.1, 0.15) is 13.1 Å². The summed E-state index contributed by atoms with van der Waals surface area (Å²) in [5.74, 6) is -9.10. The van der Waals surface area contributed by atoms with Crippen molar-refractivity contribution in [3.63, 3.8) is 0 Å². The van der Waals surface area contributed by atoms with Crippen molar-refractivity contribution >= 4 is 7.32 Å². The van der Waals surface area contributed by atoms with E-state index in [9.17, 15) is 27.6 Å². The molecule has 0 aliphatic carbocycles. The molecular weight excluding hydrogens is 221 g/mol. The molecule has 0 spiro atoms. The van der Waals surface area contributed by atoms with Gasteiger partial charge in [0, 0.05) is 6.07 Å². The molecular formula is C6HBF4Li2O3. The number of hydrogen-bond acceptors (Lipinski definition) is 3. The smallest absolute Gasteiger partial charge is 0.860 e. The van der Waals surface area contributed by atoms with Crippen LogP contribution in [0.25, 0.3) is 0 Å². The zero-order chi connectivity index (χ0) is 10.9. The van der Waals surface area contributed by atoms with Crippen LogP contribution in [0.1, 0.15) is 0 Å². The van der Waals surface area contributed by atoms with Gasteiger partial charge in [0.2, 0.25) is 11.6 Å². The van der Waals surface area contributed by atoms with Gasteiger partial charge in [-0.3, -0.25) is 0 Å². The standard InChI is InChI=1S/C6HBF4O3.2Li/c8-2-1-3(14-7(12)13)5(10)6(11)4(2)9;;/h1H;;/q-2;2*+1. The zero-order valence-electron chi connectivity index (χ0n) is 8.39. The van der Waals surface area contributed by atoms with Crippen molar-refractivity contribution in [1.29, 1.82) is 0 Å². The Morgan fingerprint density at radius 1 is 0.938 bits per heavy atom. The summed E-state index contributed by atoms with van der Waals surface area (Å²) in [4.78, 5) is 0. The Morgan fingerprint density at radius 3 is 1.88 bits per heavy atom. The van der Waals surface area contributed by atoms with Gasteiger partial charge in [-0.15, -0.1) is 0 Å².